The van der Waals surface area contributed by atoms with E-state index in [-0.39, 0.29) is 17.5 Å². The van der Waals surface area contributed by atoms with Crippen LogP contribution in [0.4, 0.5) is 15.8 Å². The highest BCUT2D eigenvalue weighted by Gasteiger charge is 2.24. The number of halogens is 1. The van der Waals surface area contributed by atoms with Gasteiger partial charge < -0.3 is 10.2 Å². The molecule has 4 rings (SSSR count). The third kappa shape index (κ3) is 2.92. The number of hydrogen-bond acceptors (Lipinski definition) is 2. The van der Waals surface area contributed by atoms with Gasteiger partial charge in [-0.25, -0.2) is 4.39 Å². The fraction of sp³-hybridized carbons (Fsp3) is 0.143. The van der Waals surface area contributed by atoms with Crippen LogP contribution in [0.2, 0.25) is 0 Å². The summed E-state index contributed by atoms with van der Waals surface area (Å²) in [4.78, 5) is 25.9. The number of fused-ring (bicyclic) bond motifs is 1. The number of hydrogen-bond donors (Lipinski definition) is 1. The maximum Gasteiger partial charge on any atom is 0.256 e. The van der Waals surface area contributed by atoms with Crippen molar-refractivity contribution in [1.29, 1.82) is 0 Å². The Kier molecular flexibility index (Phi) is 4.13. The van der Waals surface area contributed by atoms with Crippen molar-refractivity contribution < 1.29 is 14.0 Å². The second-order valence-electron chi connectivity index (χ2n) is 6.30. The summed E-state index contributed by atoms with van der Waals surface area (Å²) in [5.41, 5.74) is 1.15. The van der Waals surface area contributed by atoms with Gasteiger partial charge in [0.2, 0.25) is 5.91 Å². The fourth-order valence-electron chi connectivity index (χ4n) is 3.33. The Hall–Kier alpha value is -3.21. The van der Waals surface area contributed by atoms with Crippen molar-refractivity contribution in [3.05, 3.63) is 72.0 Å². The molecule has 1 fully saturated rings. The summed E-state index contributed by atoms with van der Waals surface area (Å²) >= 11 is 0. The average Bonchev–Trinajstić information content (AvgIpc) is 3.07. The molecule has 1 N–H and O–H groups in total. The molecular formula is C21H17FN2O2. The quantitative estimate of drug-likeness (QED) is 0.765. The largest absolute Gasteiger partial charge is 0.322 e. The highest BCUT2D eigenvalue weighted by atomic mass is 19.1. The van der Waals surface area contributed by atoms with Crippen molar-refractivity contribution >= 4 is 34.0 Å². The minimum atomic E-state index is -0.518. The summed E-state index contributed by atoms with van der Waals surface area (Å²) in [6, 6.07) is 17.5. The van der Waals surface area contributed by atoms with E-state index in [4.69, 9.17) is 0 Å². The maximum atomic E-state index is 14.4. The van der Waals surface area contributed by atoms with E-state index in [0.717, 1.165) is 17.2 Å². The molecule has 3 aromatic carbocycles. The van der Waals surface area contributed by atoms with Gasteiger partial charge in [0.15, 0.2) is 0 Å². The van der Waals surface area contributed by atoms with Crippen molar-refractivity contribution in [3.63, 3.8) is 0 Å². The third-order valence-corrected chi connectivity index (χ3v) is 4.60. The zero-order chi connectivity index (χ0) is 18.1. The zero-order valence-electron chi connectivity index (χ0n) is 14.0. The Labute approximate surface area is 150 Å². The molecule has 0 radical (unpaired) electrons. The predicted molar refractivity (Wildman–Crippen MR) is 99.9 cm³/mol. The van der Waals surface area contributed by atoms with Crippen LogP contribution in [0.5, 0.6) is 0 Å². The molecule has 1 saturated heterocycles. The highest BCUT2D eigenvalue weighted by Crippen LogP contribution is 2.27. The number of nitrogens with zero attached hydrogens (tertiary/aromatic N) is 1. The van der Waals surface area contributed by atoms with Crippen LogP contribution in [0.1, 0.15) is 23.2 Å². The summed E-state index contributed by atoms with van der Waals surface area (Å²) in [6.45, 7) is 0.525. The van der Waals surface area contributed by atoms with Gasteiger partial charge >= 0.3 is 0 Å². The molecule has 0 unspecified atom stereocenters. The van der Waals surface area contributed by atoms with Crippen molar-refractivity contribution in [1.82, 2.24) is 0 Å². The lowest BCUT2D eigenvalue weighted by atomic mass is 10.0. The van der Waals surface area contributed by atoms with Crippen LogP contribution in [-0.2, 0) is 4.79 Å². The number of rotatable bonds is 3. The van der Waals surface area contributed by atoms with Crippen molar-refractivity contribution in [2.75, 3.05) is 16.8 Å². The predicted octanol–water partition coefficient (Wildman–Crippen LogP) is 4.36. The normalized spacial score (nSPS) is 14.0. The molecule has 1 aliphatic heterocycles. The van der Waals surface area contributed by atoms with Gasteiger partial charge in [0.25, 0.3) is 5.91 Å². The maximum absolute atomic E-state index is 14.4. The topological polar surface area (TPSA) is 49.4 Å². The smallest absolute Gasteiger partial charge is 0.256 e. The molecule has 0 aliphatic carbocycles. The molecule has 0 spiro atoms. The molecule has 4 nitrogen and oxygen atoms in total. The lowest BCUT2D eigenvalue weighted by molar-refractivity contribution is -0.117. The second kappa shape index (κ2) is 6.59. The van der Waals surface area contributed by atoms with Gasteiger partial charge in [-0.05, 0) is 41.5 Å². The third-order valence-electron chi connectivity index (χ3n) is 4.60. The number of anilines is 2. The molecule has 0 aromatic heterocycles. The summed E-state index contributed by atoms with van der Waals surface area (Å²) < 4.78 is 14.4. The van der Waals surface area contributed by atoms with Gasteiger partial charge in [-0.3, -0.25) is 9.59 Å². The van der Waals surface area contributed by atoms with Gasteiger partial charge in [-0.15, -0.1) is 0 Å². The number of carbonyl (C=O) groups is 2. The first-order chi connectivity index (χ1) is 12.6. The Morgan fingerprint density at radius 1 is 1.04 bits per heavy atom. The van der Waals surface area contributed by atoms with E-state index in [2.05, 4.69) is 5.32 Å². The first kappa shape index (κ1) is 16.3. The minimum Gasteiger partial charge on any atom is -0.322 e. The van der Waals surface area contributed by atoms with Crippen molar-refractivity contribution in [3.8, 4) is 0 Å². The fourth-order valence-corrected chi connectivity index (χ4v) is 3.33. The van der Waals surface area contributed by atoms with E-state index >= 15 is 0 Å². The molecule has 3 aromatic rings. The number of nitrogens with one attached hydrogen (secondary N) is 1. The van der Waals surface area contributed by atoms with Crippen LogP contribution in [0.15, 0.2) is 60.7 Å². The summed E-state index contributed by atoms with van der Waals surface area (Å²) in [5, 5.41) is 4.54. The van der Waals surface area contributed by atoms with E-state index in [1.54, 1.807) is 12.1 Å². The van der Waals surface area contributed by atoms with Crippen LogP contribution < -0.4 is 10.2 Å². The first-order valence-electron chi connectivity index (χ1n) is 8.52. The van der Waals surface area contributed by atoms with Gasteiger partial charge in [0.05, 0.1) is 5.69 Å². The molecular weight excluding hydrogens is 331 g/mol. The monoisotopic (exact) mass is 348 g/mol. The van der Waals surface area contributed by atoms with Crippen LogP contribution >= 0.6 is 0 Å². The Balaban J connectivity index is 1.60. The molecule has 26 heavy (non-hydrogen) atoms. The van der Waals surface area contributed by atoms with Crippen LogP contribution in [-0.4, -0.2) is 18.4 Å². The summed E-state index contributed by atoms with van der Waals surface area (Å²) in [7, 11) is 0. The standard InChI is InChI=1S/C21H17FN2O2/c22-18-13-15(10-11-19(18)24-12-4-9-20(24)25)23-21(26)17-8-3-6-14-5-1-2-7-16(14)17/h1-3,5-8,10-11,13H,4,9,12H2,(H,23,26). The molecule has 5 heteroatoms. The van der Waals surface area contributed by atoms with E-state index in [1.165, 1.54) is 17.0 Å². The number of carbonyl (C=O) groups excluding carboxylic acids is 2. The van der Waals surface area contributed by atoms with Crippen LogP contribution in [0, 0.1) is 5.82 Å². The van der Waals surface area contributed by atoms with Gasteiger partial charge in [0, 0.05) is 24.2 Å². The number of amides is 2. The SMILES string of the molecule is O=C(Nc1ccc(N2CCCC2=O)c(F)c1)c1cccc2ccccc12. The van der Waals surface area contributed by atoms with Gasteiger partial charge in [-0.1, -0.05) is 36.4 Å². The van der Waals surface area contributed by atoms with Gasteiger partial charge in [0.1, 0.15) is 5.82 Å². The molecule has 0 bridgehead atoms. The van der Waals surface area contributed by atoms with Crippen LogP contribution in [0.3, 0.4) is 0 Å². The molecule has 1 aliphatic rings. The van der Waals surface area contributed by atoms with E-state index in [1.807, 2.05) is 36.4 Å². The molecule has 2 amide bonds. The lowest BCUT2D eigenvalue weighted by Crippen LogP contribution is -2.24. The lowest BCUT2D eigenvalue weighted by Gasteiger charge is -2.17. The molecule has 130 valence electrons. The Morgan fingerprint density at radius 3 is 2.62 bits per heavy atom. The summed E-state index contributed by atoms with van der Waals surface area (Å²) in [6.07, 6.45) is 1.18. The Morgan fingerprint density at radius 2 is 1.85 bits per heavy atom. The summed E-state index contributed by atoms with van der Waals surface area (Å²) in [5.74, 6) is -0.890. The second-order valence-corrected chi connectivity index (χ2v) is 6.30. The molecule has 1 heterocycles. The van der Waals surface area contributed by atoms with E-state index < -0.39 is 5.82 Å². The van der Waals surface area contributed by atoms with Crippen LogP contribution in [0.25, 0.3) is 10.8 Å². The molecule has 0 atom stereocenters. The zero-order valence-corrected chi connectivity index (χ0v) is 14.0. The highest BCUT2D eigenvalue weighted by molar-refractivity contribution is 6.13. The van der Waals surface area contributed by atoms with E-state index in [0.29, 0.717) is 24.2 Å². The van der Waals surface area contributed by atoms with Crippen molar-refractivity contribution in [2.24, 2.45) is 0 Å². The van der Waals surface area contributed by atoms with Gasteiger partial charge in [-0.2, -0.15) is 0 Å². The minimum absolute atomic E-state index is 0.0727. The average molecular weight is 348 g/mol. The van der Waals surface area contributed by atoms with E-state index in [9.17, 15) is 14.0 Å². The van der Waals surface area contributed by atoms with Crippen molar-refractivity contribution in [2.45, 2.75) is 12.8 Å². The first-order valence-corrected chi connectivity index (χ1v) is 8.52. The molecule has 0 saturated carbocycles. The Bertz CT molecular complexity index is 1010. The number of benzene rings is 3.